The molecule has 12 bridgehead atoms. The maximum absolute atomic E-state index is 6.43. The molecule has 6 aromatic rings. The predicted octanol–water partition coefficient (Wildman–Crippen LogP) is 5.04. The van der Waals surface area contributed by atoms with Crippen molar-refractivity contribution in [2.24, 2.45) is 0 Å². The second-order valence-corrected chi connectivity index (χ2v) is 49.2. The van der Waals surface area contributed by atoms with E-state index in [-0.39, 0.29) is 0 Å². The quantitative estimate of drug-likeness (QED) is 0.153. The van der Waals surface area contributed by atoms with E-state index < -0.39 is 48.4 Å². The largest absolute Gasteiger partial charge is 0.497 e. The topological polar surface area (TPSA) is 111 Å². The monoisotopic (exact) mass is 1160 g/mol. The van der Waals surface area contributed by atoms with E-state index in [1.807, 2.05) is 0 Å². The molecule has 0 radical (unpaired) electrons. The molecule has 0 amide bonds. The Balaban J connectivity index is 1.63. The molecule has 18 heteroatoms. The fourth-order valence-corrected chi connectivity index (χ4v) is 29.2. The van der Waals surface area contributed by atoms with Gasteiger partial charge < -0.3 is 56.8 Å². The first-order chi connectivity index (χ1) is 36.6. The average molecular weight is 1170 g/mol. The Morgan fingerprint density at radius 3 is 0.269 bits per heavy atom. The molecule has 420 valence electrons. The molecule has 0 aromatic heterocycles. The highest BCUT2D eigenvalue weighted by Crippen LogP contribution is 2.33. The summed E-state index contributed by atoms with van der Waals surface area (Å²) in [5, 5.41) is 12.7. The Morgan fingerprint density at radius 1 is 0.154 bits per heavy atom. The molecular weight excluding hydrogens is 1080 g/mol. The van der Waals surface area contributed by atoms with E-state index in [1.165, 1.54) is 0 Å². The van der Waals surface area contributed by atoms with Gasteiger partial charge in [-0.2, -0.15) is 0 Å². The highest BCUT2D eigenvalue weighted by atomic mass is 28.3. The van der Waals surface area contributed by atoms with Gasteiger partial charge in [-0.05, 0) is 135 Å². The molecule has 0 saturated heterocycles. The van der Waals surface area contributed by atoms with E-state index in [4.69, 9.17) is 56.8 Å². The normalized spacial score (nSPS) is 16.3. The van der Waals surface area contributed by atoms with Gasteiger partial charge in [0.25, 0.3) is 0 Å². The van der Waals surface area contributed by atoms with Gasteiger partial charge in [0.1, 0.15) is 117 Å². The molecule has 0 aliphatic carbocycles. The third-order valence-electron chi connectivity index (χ3n) is 17.2. The van der Waals surface area contributed by atoms with Crippen LogP contribution in [-0.2, 0) is 0 Å². The second-order valence-electron chi connectivity index (χ2n) is 23.3. The Bertz CT molecular complexity index is 2500. The van der Waals surface area contributed by atoms with Crippen molar-refractivity contribution < 1.29 is 56.8 Å². The van der Waals surface area contributed by atoms with E-state index in [0.717, 1.165) is 131 Å². The first-order valence-corrected chi connectivity index (χ1v) is 44.3. The Kier molecular flexibility index (Phi) is 16.9. The van der Waals surface area contributed by atoms with E-state index in [0.29, 0.717) is 0 Å². The number of hydrogen-bond acceptors (Lipinski definition) is 12. The number of benzene rings is 6. The smallest absolute Gasteiger partial charge is 0.122 e. The third-order valence-corrected chi connectivity index (χ3v) is 38.1. The van der Waals surface area contributed by atoms with Crippen molar-refractivity contribution in [1.29, 1.82) is 0 Å². The zero-order valence-electron chi connectivity index (χ0n) is 50.8. The molecule has 0 fully saturated rings. The minimum absolute atomic E-state index is 0.782. The SMILES string of the molecule is COc1cc2c(OC)cc1[Si](C)(C)c1cc(OC)c(cc1OC)[Si](C)(C)c1cc(OC)c(cc1OC)[Si](C)(C)c1cc(OC)c(cc1OC)[Si](C)(C)c1cc(OC)c(cc1OC)[Si](C)(C)c1cc(OC)c(cc1OC)[Si]2(C)C. The van der Waals surface area contributed by atoms with Crippen LogP contribution in [0.1, 0.15) is 0 Å². The molecular formula is C60H84O12Si6. The minimum Gasteiger partial charge on any atom is -0.497 e. The molecule has 0 atom stereocenters. The first-order valence-electron chi connectivity index (χ1n) is 26.3. The zero-order valence-corrected chi connectivity index (χ0v) is 56.8. The van der Waals surface area contributed by atoms with Crippen LogP contribution in [0.5, 0.6) is 69.0 Å². The van der Waals surface area contributed by atoms with Gasteiger partial charge in [0.2, 0.25) is 0 Å². The standard InChI is InChI=1S/C60H84O12Si6/c1-61-37-25-50-38(62-2)26-49(37)73(13,14)51-27-40(64-4)53(28-39(51)63-3)75(17,18)55-31-44(68-8)57(32-43(55)67-7)77(21,22)59-35-48(72-12)60(36-47(59)71-11)78(23,24)58-34-45(69-9)56(33-46(58)70-10)76(19,20)54-30-41(65-5)52(74(50,15)16)29-42(54)66-6/h25-36H,1-24H3. The van der Waals surface area contributed by atoms with Crippen LogP contribution in [0.3, 0.4) is 0 Å². The lowest BCUT2D eigenvalue weighted by Gasteiger charge is -2.35. The summed E-state index contributed by atoms with van der Waals surface area (Å²) >= 11 is 0. The Morgan fingerprint density at radius 2 is 0.218 bits per heavy atom. The summed E-state index contributed by atoms with van der Waals surface area (Å²) in [6.07, 6.45) is 0. The Hall–Kier alpha value is -5.78. The minimum atomic E-state index is -2.72. The lowest BCUT2D eigenvalue weighted by atomic mass is 10.3. The van der Waals surface area contributed by atoms with Gasteiger partial charge in [-0.1, -0.05) is 78.6 Å². The lowest BCUT2D eigenvalue weighted by molar-refractivity contribution is 0.406. The van der Waals surface area contributed by atoms with Crippen molar-refractivity contribution >= 4 is 111 Å². The molecule has 16 heterocycles. The lowest BCUT2D eigenvalue weighted by Crippen LogP contribution is -2.60. The van der Waals surface area contributed by atoms with Crippen LogP contribution in [0.2, 0.25) is 78.6 Å². The van der Waals surface area contributed by atoms with Gasteiger partial charge in [-0.3, -0.25) is 0 Å². The third kappa shape index (κ3) is 9.70. The van der Waals surface area contributed by atoms with Gasteiger partial charge in [0.05, 0.1) is 85.3 Å². The summed E-state index contributed by atoms with van der Waals surface area (Å²) in [5.74, 6) is 9.38. The number of ether oxygens (including phenoxy) is 12. The van der Waals surface area contributed by atoms with E-state index >= 15 is 0 Å². The highest BCUT2D eigenvalue weighted by molar-refractivity contribution is 7.06. The van der Waals surface area contributed by atoms with Gasteiger partial charge >= 0.3 is 0 Å². The number of hydrogen-bond donors (Lipinski definition) is 0. The van der Waals surface area contributed by atoms with Gasteiger partial charge in [-0.15, -0.1) is 0 Å². The summed E-state index contributed by atoms with van der Waals surface area (Å²) in [7, 11) is 4.64. The molecule has 78 heavy (non-hydrogen) atoms. The van der Waals surface area contributed by atoms with Gasteiger partial charge in [0.15, 0.2) is 0 Å². The average Bonchev–Trinajstić information content (AvgIpc) is 3.44. The molecule has 0 spiro atoms. The van der Waals surface area contributed by atoms with Crippen molar-refractivity contribution in [1.82, 2.24) is 0 Å². The van der Waals surface area contributed by atoms with Crippen LogP contribution in [0, 0.1) is 0 Å². The van der Waals surface area contributed by atoms with Crippen molar-refractivity contribution in [3.05, 3.63) is 72.8 Å². The molecule has 16 aliphatic heterocycles. The fraction of sp³-hybridized carbons (Fsp3) is 0.400. The van der Waals surface area contributed by atoms with Gasteiger partial charge in [-0.25, -0.2) is 0 Å². The van der Waals surface area contributed by atoms with Crippen molar-refractivity contribution in [3.63, 3.8) is 0 Å². The molecule has 0 N–H and O–H groups in total. The molecule has 6 aromatic carbocycles. The van der Waals surface area contributed by atoms with E-state index in [2.05, 4.69) is 151 Å². The molecule has 22 rings (SSSR count). The van der Waals surface area contributed by atoms with E-state index in [1.54, 1.807) is 85.3 Å². The van der Waals surface area contributed by atoms with Crippen molar-refractivity contribution in [2.45, 2.75) is 78.6 Å². The number of rotatable bonds is 12. The van der Waals surface area contributed by atoms with Crippen LogP contribution >= 0.6 is 0 Å². The van der Waals surface area contributed by atoms with Crippen molar-refractivity contribution in [2.75, 3.05) is 85.3 Å². The van der Waals surface area contributed by atoms with Crippen molar-refractivity contribution in [3.8, 4) is 69.0 Å². The van der Waals surface area contributed by atoms with Crippen LogP contribution in [0.4, 0.5) is 0 Å². The molecule has 0 unspecified atom stereocenters. The van der Waals surface area contributed by atoms with Crippen LogP contribution in [0.15, 0.2) is 72.8 Å². The predicted molar refractivity (Wildman–Crippen MR) is 338 cm³/mol. The Labute approximate surface area is 470 Å². The summed E-state index contributed by atoms with van der Waals surface area (Å²) in [4.78, 5) is 0. The first kappa shape index (κ1) is 59.9. The maximum atomic E-state index is 6.43. The summed E-state index contributed by atoms with van der Waals surface area (Å²) in [5.41, 5.74) is 0. The maximum Gasteiger partial charge on any atom is 0.122 e. The van der Waals surface area contributed by atoms with Crippen LogP contribution < -0.4 is 119 Å². The van der Waals surface area contributed by atoms with Gasteiger partial charge in [0, 0.05) is 0 Å². The zero-order chi connectivity index (χ0) is 57.8. The molecule has 12 nitrogen and oxygen atoms in total. The summed E-state index contributed by atoms with van der Waals surface area (Å²) in [6, 6.07) is 26.3. The summed E-state index contributed by atoms with van der Waals surface area (Å²) in [6.45, 7) is 27.9. The second kappa shape index (κ2) is 22.0. The fourth-order valence-electron chi connectivity index (χ4n) is 12.1. The molecule has 0 saturated carbocycles. The van der Waals surface area contributed by atoms with Crippen LogP contribution in [-0.4, -0.2) is 134 Å². The highest BCUT2D eigenvalue weighted by Gasteiger charge is 2.45. The molecule has 16 aliphatic rings. The number of methoxy groups -OCH3 is 12. The summed E-state index contributed by atoms with van der Waals surface area (Å²) < 4.78 is 77.2. The van der Waals surface area contributed by atoms with E-state index in [9.17, 15) is 0 Å². The van der Waals surface area contributed by atoms with Crippen LogP contribution in [0.25, 0.3) is 0 Å².